The second kappa shape index (κ2) is 10.2. The molecule has 0 atom stereocenters. The first-order valence-electron chi connectivity index (χ1n) is 8.32. The number of methoxy groups -OCH3 is 1. The molecule has 2 aromatic rings. The van der Waals surface area contributed by atoms with Gasteiger partial charge in [0.05, 0.1) is 16.8 Å². The van der Waals surface area contributed by atoms with Crippen LogP contribution < -0.4 is 25.6 Å². The van der Waals surface area contributed by atoms with Crippen LogP contribution in [0.2, 0.25) is 0 Å². The largest absolute Gasteiger partial charge is 0.496 e. The number of ether oxygens (including phenoxy) is 2. The molecular weight excluding hydrogens is 493 g/mol. The van der Waals surface area contributed by atoms with Crippen molar-refractivity contribution in [3.63, 3.8) is 0 Å². The average molecular weight is 513 g/mol. The van der Waals surface area contributed by atoms with Crippen LogP contribution in [0, 0.1) is 3.57 Å². The summed E-state index contributed by atoms with van der Waals surface area (Å²) in [6, 6.07) is 11.7. The van der Waals surface area contributed by atoms with E-state index in [2.05, 4.69) is 38.8 Å². The van der Waals surface area contributed by atoms with Gasteiger partial charge in [-0.15, -0.1) is 0 Å². The Morgan fingerprint density at radius 1 is 1.00 bits per heavy atom. The predicted molar refractivity (Wildman–Crippen MR) is 119 cm³/mol. The Hall–Kier alpha value is -2.40. The lowest BCUT2D eigenvalue weighted by atomic mass is 10.2. The summed E-state index contributed by atoms with van der Waals surface area (Å²) >= 11 is 7.12. The van der Waals surface area contributed by atoms with E-state index in [0.717, 1.165) is 3.57 Å². The molecule has 9 heteroatoms. The summed E-state index contributed by atoms with van der Waals surface area (Å²) in [4.78, 5) is 24.4. The zero-order valence-corrected chi connectivity index (χ0v) is 18.5. The highest BCUT2D eigenvalue weighted by atomic mass is 127. The molecule has 148 valence electrons. The quantitative estimate of drug-likeness (QED) is 0.324. The van der Waals surface area contributed by atoms with Crippen molar-refractivity contribution in [2.24, 2.45) is 0 Å². The van der Waals surface area contributed by atoms with Crippen molar-refractivity contribution in [3.8, 4) is 11.5 Å². The lowest BCUT2D eigenvalue weighted by Gasteiger charge is -2.12. The molecule has 0 bridgehead atoms. The van der Waals surface area contributed by atoms with Crippen LogP contribution in [0.25, 0.3) is 0 Å². The van der Waals surface area contributed by atoms with Crippen molar-refractivity contribution >= 4 is 51.7 Å². The number of thiocarbonyl (C=S) groups is 1. The van der Waals surface area contributed by atoms with Gasteiger partial charge in [-0.3, -0.25) is 25.8 Å². The molecule has 0 spiro atoms. The second-order valence-electron chi connectivity index (χ2n) is 5.90. The highest BCUT2D eigenvalue weighted by Crippen LogP contribution is 2.21. The number of rotatable bonds is 5. The lowest BCUT2D eigenvalue weighted by molar-refractivity contribution is 0.0934. The molecule has 28 heavy (non-hydrogen) atoms. The van der Waals surface area contributed by atoms with Gasteiger partial charge in [0, 0.05) is 11.1 Å². The standard InChI is InChI=1S/C19H20IN3O4S/c1-11(2)27-14-7-4-12(5-8-14)17(24)21-19(28)23-22-18(25)13-6-9-16(26-3)15(20)10-13/h4-11H,1-3H3,(H,22,25)(H2,21,23,24,28). The van der Waals surface area contributed by atoms with Crippen LogP contribution >= 0.6 is 34.8 Å². The van der Waals surface area contributed by atoms with Gasteiger partial charge < -0.3 is 9.47 Å². The van der Waals surface area contributed by atoms with Gasteiger partial charge in [0.25, 0.3) is 11.8 Å². The molecule has 0 aliphatic rings. The Bertz CT molecular complexity index is 872. The minimum atomic E-state index is -0.401. The highest BCUT2D eigenvalue weighted by molar-refractivity contribution is 14.1. The topological polar surface area (TPSA) is 88.7 Å². The Morgan fingerprint density at radius 3 is 2.21 bits per heavy atom. The Balaban J connectivity index is 1.87. The van der Waals surface area contributed by atoms with Gasteiger partial charge in [0.15, 0.2) is 5.11 Å². The minimum Gasteiger partial charge on any atom is -0.496 e. The number of hydrazine groups is 1. The first-order valence-corrected chi connectivity index (χ1v) is 9.80. The van der Waals surface area contributed by atoms with Crippen molar-refractivity contribution in [2.45, 2.75) is 20.0 Å². The van der Waals surface area contributed by atoms with Crippen LogP contribution in [0.4, 0.5) is 0 Å². The summed E-state index contributed by atoms with van der Waals surface area (Å²) in [5, 5.41) is 2.47. The molecule has 2 aromatic carbocycles. The maximum atomic E-state index is 12.2. The summed E-state index contributed by atoms with van der Waals surface area (Å²) in [5.74, 6) is 0.556. The molecular formula is C19H20IN3O4S. The fourth-order valence-corrected chi connectivity index (χ4v) is 3.04. The zero-order valence-electron chi connectivity index (χ0n) is 15.5. The number of amides is 2. The van der Waals surface area contributed by atoms with Gasteiger partial charge in [0.1, 0.15) is 11.5 Å². The highest BCUT2D eigenvalue weighted by Gasteiger charge is 2.11. The Labute approximate surface area is 182 Å². The minimum absolute atomic E-state index is 0.0240. The third-order valence-corrected chi connectivity index (χ3v) is 4.47. The molecule has 0 saturated carbocycles. The molecule has 2 rings (SSSR count). The molecule has 0 unspecified atom stereocenters. The van der Waals surface area contributed by atoms with Crippen molar-refractivity contribution in [2.75, 3.05) is 7.11 Å². The molecule has 0 heterocycles. The van der Waals surface area contributed by atoms with Gasteiger partial charge in [-0.25, -0.2) is 0 Å². The number of benzene rings is 2. The van der Waals surface area contributed by atoms with E-state index in [1.807, 2.05) is 13.8 Å². The molecule has 7 nitrogen and oxygen atoms in total. The van der Waals surface area contributed by atoms with Crippen LogP contribution in [0.3, 0.4) is 0 Å². The number of carbonyl (C=O) groups is 2. The summed E-state index contributed by atoms with van der Waals surface area (Å²) in [6.45, 7) is 3.84. The normalized spacial score (nSPS) is 10.2. The third-order valence-electron chi connectivity index (χ3n) is 3.42. The molecule has 0 radical (unpaired) electrons. The van der Waals surface area contributed by atoms with E-state index < -0.39 is 11.8 Å². The number of nitrogens with one attached hydrogen (secondary N) is 3. The summed E-state index contributed by atoms with van der Waals surface area (Å²) < 4.78 is 11.5. The van der Waals surface area contributed by atoms with Crippen LogP contribution in [0.1, 0.15) is 34.6 Å². The summed E-state index contributed by atoms with van der Waals surface area (Å²) in [6.07, 6.45) is 0.0500. The van der Waals surface area contributed by atoms with E-state index in [1.165, 1.54) is 0 Å². The fourth-order valence-electron chi connectivity index (χ4n) is 2.16. The second-order valence-corrected chi connectivity index (χ2v) is 7.47. The van der Waals surface area contributed by atoms with Crippen molar-refractivity contribution in [1.82, 2.24) is 16.2 Å². The van der Waals surface area contributed by atoms with Gasteiger partial charge in [-0.2, -0.15) is 0 Å². The van der Waals surface area contributed by atoms with Crippen molar-refractivity contribution < 1.29 is 19.1 Å². The van der Waals surface area contributed by atoms with Crippen molar-refractivity contribution in [1.29, 1.82) is 0 Å². The number of carbonyl (C=O) groups excluding carboxylic acids is 2. The van der Waals surface area contributed by atoms with Gasteiger partial charge in [-0.05, 0) is 91.1 Å². The lowest BCUT2D eigenvalue weighted by Crippen LogP contribution is -2.48. The molecule has 0 aliphatic heterocycles. The van der Waals surface area contributed by atoms with E-state index >= 15 is 0 Å². The predicted octanol–water partition coefficient (Wildman–Crippen LogP) is 3.04. The molecule has 3 N–H and O–H groups in total. The third kappa shape index (κ3) is 6.34. The van der Waals surface area contributed by atoms with Crippen molar-refractivity contribution in [3.05, 3.63) is 57.2 Å². The number of hydrogen-bond acceptors (Lipinski definition) is 5. The van der Waals surface area contributed by atoms with Gasteiger partial charge in [-0.1, -0.05) is 0 Å². The fraction of sp³-hybridized carbons (Fsp3) is 0.211. The zero-order chi connectivity index (χ0) is 20.7. The maximum absolute atomic E-state index is 12.2. The van der Waals surface area contributed by atoms with E-state index in [-0.39, 0.29) is 11.2 Å². The van der Waals surface area contributed by atoms with Crippen LogP contribution in [0.5, 0.6) is 11.5 Å². The molecule has 0 aliphatic carbocycles. The summed E-state index contributed by atoms with van der Waals surface area (Å²) in [7, 11) is 1.56. The summed E-state index contributed by atoms with van der Waals surface area (Å²) in [5.41, 5.74) is 5.79. The average Bonchev–Trinajstić information content (AvgIpc) is 2.66. The SMILES string of the molecule is COc1ccc(C(=O)NNC(=S)NC(=O)c2ccc(OC(C)C)cc2)cc1I. The molecule has 2 amide bonds. The molecule has 0 fully saturated rings. The van der Waals surface area contributed by atoms with E-state index in [9.17, 15) is 9.59 Å². The first kappa shape index (κ1) is 21.9. The van der Waals surface area contributed by atoms with Crippen LogP contribution in [-0.4, -0.2) is 30.1 Å². The Kier molecular flexibility index (Phi) is 8.00. The number of hydrogen-bond donors (Lipinski definition) is 3. The monoisotopic (exact) mass is 513 g/mol. The van der Waals surface area contributed by atoms with E-state index in [1.54, 1.807) is 49.6 Å². The van der Waals surface area contributed by atoms with E-state index in [4.69, 9.17) is 21.7 Å². The number of halogens is 1. The smallest absolute Gasteiger partial charge is 0.269 e. The van der Waals surface area contributed by atoms with E-state index in [0.29, 0.717) is 22.6 Å². The molecule has 0 aromatic heterocycles. The maximum Gasteiger partial charge on any atom is 0.269 e. The first-order chi connectivity index (χ1) is 13.3. The molecule has 0 saturated heterocycles. The van der Waals surface area contributed by atoms with Gasteiger partial charge >= 0.3 is 0 Å². The van der Waals surface area contributed by atoms with Crippen LogP contribution in [0.15, 0.2) is 42.5 Å². The van der Waals surface area contributed by atoms with Gasteiger partial charge in [0.2, 0.25) is 0 Å². The van der Waals surface area contributed by atoms with Crippen LogP contribution in [-0.2, 0) is 0 Å². The Morgan fingerprint density at radius 2 is 1.64 bits per heavy atom.